The summed E-state index contributed by atoms with van der Waals surface area (Å²) in [4.78, 5) is 14.6. The maximum absolute atomic E-state index is 14.0. The summed E-state index contributed by atoms with van der Waals surface area (Å²) in [6.07, 6.45) is 2.06. The second kappa shape index (κ2) is 12.1. The van der Waals surface area contributed by atoms with Gasteiger partial charge in [-0.2, -0.15) is 21.6 Å². The predicted molar refractivity (Wildman–Crippen MR) is 141 cm³/mol. The standard InChI is InChI=1S/C28H33F4NO6S/c1-18(20-12-13-23(29)25(17-20)37-5)33(26(34)38-27(2,3)4)14-8-9-19-15-21-10-6-7-11-22(21)24(16-19)39-40(35,36)28(30,31)32/h6-7,10-13,16-19H,8-9,14-15H2,1-5H3/t18-,19-/m1/s1. The topological polar surface area (TPSA) is 82.1 Å². The number of halogens is 4. The molecule has 40 heavy (non-hydrogen) atoms. The molecule has 2 atom stereocenters. The SMILES string of the molecule is COc1cc([C@@H](C)N(CCC[C@H]2C=C(OS(=O)(=O)C(F)(F)F)c3ccccc3C2)C(=O)OC(C)(C)C)ccc1F. The van der Waals surface area contributed by atoms with E-state index in [0.29, 0.717) is 30.4 Å². The van der Waals surface area contributed by atoms with Crippen molar-refractivity contribution in [1.82, 2.24) is 4.90 Å². The number of nitrogens with zero attached hydrogens (tertiary/aromatic N) is 1. The van der Waals surface area contributed by atoms with Crippen LogP contribution in [0.5, 0.6) is 5.75 Å². The van der Waals surface area contributed by atoms with E-state index in [1.54, 1.807) is 52.0 Å². The van der Waals surface area contributed by atoms with Crippen molar-refractivity contribution < 1.29 is 44.4 Å². The van der Waals surface area contributed by atoms with Crippen molar-refractivity contribution in [2.24, 2.45) is 5.92 Å². The average Bonchev–Trinajstić information content (AvgIpc) is 2.84. The number of ether oxygens (including phenoxy) is 2. The number of hydrogen-bond acceptors (Lipinski definition) is 6. The highest BCUT2D eigenvalue weighted by Crippen LogP contribution is 2.37. The van der Waals surface area contributed by atoms with Gasteiger partial charge < -0.3 is 18.6 Å². The van der Waals surface area contributed by atoms with E-state index in [9.17, 15) is 30.8 Å². The van der Waals surface area contributed by atoms with Crippen LogP contribution < -0.4 is 4.74 Å². The van der Waals surface area contributed by atoms with Gasteiger partial charge in [0.1, 0.15) is 11.4 Å². The molecule has 2 aromatic carbocycles. The zero-order chi connectivity index (χ0) is 29.9. The van der Waals surface area contributed by atoms with Crippen LogP contribution in [0.15, 0.2) is 48.5 Å². The number of rotatable bonds is 9. The first kappa shape index (κ1) is 31.3. The van der Waals surface area contributed by atoms with Gasteiger partial charge in [-0.25, -0.2) is 9.18 Å². The Hall–Kier alpha value is -3.28. The molecule has 7 nitrogen and oxygen atoms in total. The highest BCUT2D eigenvalue weighted by molar-refractivity contribution is 7.87. The van der Waals surface area contributed by atoms with Crippen LogP contribution in [0.1, 0.15) is 63.3 Å². The van der Waals surface area contributed by atoms with Crippen LogP contribution in [0.3, 0.4) is 0 Å². The fourth-order valence-electron chi connectivity index (χ4n) is 4.41. The van der Waals surface area contributed by atoms with Crippen LogP contribution in [0.4, 0.5) is 22.4 Å². The molecule has 0 aromatic heterocycles. The molecule has 2 aromatic rings. The molecule has 0 spiro atoms. The number of allylic oxidation sites excluding steroid dienone is 1. The molecule has 3 rings (SSSR count). The summed E-state index contributed by atoms with van der Waals surface area (Å²) in [5.41, 5.74) is -4.80. The lowest BCUT2D eigenvalue weighted by Crippen LogP contribution is -2.39. The average molecular weight is 588 g/mol. The zero-order valence-corrected chi connectivity index (χ0v) is 23.7. The highest BCUT2D eigenvalue weighted by Gasteiger charge is 2.49. The van der Waals surface area contributed by atoms with Crippen molar-refractivity contribution in [1.29, 1.82) is 0 Å². The van der Waals surface area contributed by atoms with E-state index >= 15 is 0 Å². The normalized spacial score (nSPS) is 16.4. The Morgan fingerprint density at radius 3 is 2.42 bits per heavy atom. The summed E-state index contributed by atoms with van der Waals surface area (Å²) in [6, 6.07) is 10.3. The summed E-state index contributed by atoms with van der Waals surface area (Å²) in [6.45, 7) is 7.17. The van der Waals surface area contributed by atoms with E-state index in [2.05, 4.69) is 4.18 Å². The number of hydrogen-bond donors (Lipinski definition) is 0. The summed E-state index contributed by atoms with van der Waals surface area (Å²) < 4.78 is 91.7. The Morgan fingerprint density at radius 1 is 1.12 bits per heavy atom. The van der Waals surface area contributed by atoms with Gasteiger partial charge in [0.15, 0.2) is 11.6 Å². The third-order valence-corrected chi connectivity index (χ3v) is 7.33. The van der Waals surface area contributed by atoms with Gasteiger partial charge in [-0.3, -0.25) is 0 Å². The Kier molecular flexibility index (Phi) is 9.43. The van der Waals surface area contributed by atoms with E-state index in [1.807, 2.05) is 0 Å². The van der Waals surface area contributed by atoms with Gasteiger partial charge in [-0.15, -0.1) is 0 Å². The van der Waals surface area contributed by atoms with Crippen LogP contribution in [-0.4, -0.2) is 44.2 Å². The number of methoxy groups -OCH3 is 1. The second-order valence-electron chi connectivity index (χ2n) is 10.5. The fraction of sp³-hybridized carbons (Fsp3) is 0.464. The molecule has 0 aliphatic heterocycles. The Bertz CT molecular complexity index is 1350. The lowest BCUT2D eigenvalue weighted by Gasteiger charge is -2.32. The highest BCUT2D eigenvalue weighted by atomic mass is 32.2. The van der Waals surface area contributed by atoms with E-state index < -0.39 is 39.2 Å². The van der Waals surface area contributed by atoms with Crippen LogP contribution in [0.2, 0.25) is 0 Å². The van der Waals surface area contributed by atoms with Crippen LogP contribution in [0, 0.1) is 11.7 Å². The molecule has 1 amide bonds. The molecule has 220 valence electrons. The summed E-state index contributed by atoms with van der Waals surface area (Å²) >= 11 is 0. The fourth-order valence-corrected chi connectivity index (χ4v) is 4.89. The second-order valence-corrected chi connectivity index (χ2v) is 12.1. The van der Waals surface area contributed by atoms with Crippen molar-refractivity contribution in [3.8, 4) is 5.75 Å². The summed E-state index contributed by atoms with van der Waals surface area (Å²) in [5, 5.41) is 0. The minimum Gasteiger partial charge on any atom is -0.494 e. The van der Waals surface area contributed by atoms with E-state index in [1.165, 1.54) is 36.3 Å². The molecule has 12 heteroatoms. The molecule has 0 bridgehead atoms. The van der Waals surface area contributed by atoms with Gasteiger partial charge in [0.25, 0.3) is 0 Å². The maximum atomic E-state index is 14.0. The Balaban J connectivity index is 1.81. The van der Waals surface area contributed by atoms with Gasteiger partial charge in [0.2, 0.25) is 0 Å². The van der Waals surface area contributed by atoms with Gasteiger partial charge in [-0.05, 0) is 82.2 Å². The smallest absolute Gasteiger partial charge is 0.494 e. The molecule has 0 unspecified atom stereocenters. The molecule has 0 heterocycles. The van der Waals surface area contributed by atoms with Gasteiger partial charge in [-0.1, -0.05) is 30.3 Å². The molecule has 1 aliphatic rings. The molecule has 0 saturated heterocycles. The van der Waals surface area contributed by atoms with Crippen molar-refractivity contribution in [2.45, 2.75) is 64.1 Å². The zero-order valence-electron chi connectivity index (χ0n) is 22.9. The predicted octanol–water partition coefficient (Wildman–Crippen LogP) is 6.99. The first-order valence-corrected chi connectivity index (χ1v) is 14.1. The lowest BCUT2D eigenvalue weighted by atomic mass is 9.86. The van der Waals surface area contributed by atoms with Gasteiger partial charge >= 0.3 is 21.7 Å². The number of alkyl halides is 3. The summed E-state index contributed by atoms with van der Waals surface area (Å²) in [5.74, 6) is -1.24. The molecule has 0 N–H and O–H groups in total. The molecular formula is C28H33F4NO6S. The quantitative estimate of drug-likeness (QED) is 0.179. The molecule has 1 aliphatic carbocycles. The molecule has 0 radical (unpaired) electrons. The minimum absolute atomic E-state index is 0.0286. The monoisotopic (exact) mass is 587 g/mol. The van der Waals surface area contributed by atoms with E-state index in [4.69, 9.17) is 9.47 Å². The number of fused-ring (bicyclic) bond motifs is 1. The first-order chi connectivity index (χ1) is 18.5. The van der Waals surface area contributed by atoms with Crippen molar-refractivity contribution in [3.05, 3.63) is 71.0 Å². The first-order valence-electron chi connectivity index (χ1n) is 12.7. The van der Waals surface area contributed by atoms with Crippen molar-refractivity contribution >= 4 is 22.0 Å². The number of carbonyl (C=O) groups excluding carboxylic acids is 1. The summed E-state index contributed by atoms with van der Waals surface area (Å²) in [7, 11) is -4.51. The van der Waals surface area contributed by atoms with Crippen LogP contribution in [0.25, 0.3) is 5.76 Å². The third-order valence-electron chi connectivity index (χ3n) is 6.36. The maximum Gasteiger partial charge on any atom is 0.534 e. The minimum atomic E-state index is -5.85. The van der Waals surface area contributed by atoms with Gasteiger partial charge in [0.05, 0.1) is 13.2 Å². The molecule has 0 saturated carbocycles. The molecule has 0 fully saturated rings. The third kappa shape index (κ3) is 7.67. The van der Waals surface area contributed by atoms with Crippen LogP contribution >= 0.6 is 0 Å². The number of amides is 1. The largest absolute Gasteiger partial charge is 0.534 e. The lowest BCUT2D eigenvalue weighted by molar-refractivity contribution is -0.0509. The van der Waals surface area contributed by atoms with E-state index in [0.717, 1.165) is 0 Å². The number of benzene rings is 2. The van der Waals surface area contributed by atoms with E-state index in [-0.39, 0.29) is 29.5 Å². The van der Waals surface area contributed by atoms with Crippen LogP contribution in [-0.2, 0) is 25.5 Å². The van der Waals surface area contributed by atoms with Gasteiger partial charge in [0, 0.05) is 12.1 Å². The van der Waals surface area contributed by atoms with Crippen molar-refractivity contribution in [3.63, 3.8) is 0 Å². The Labute approximate surface area is 231 Å². The van der Waals surface area contributed by atoms with Crippen molar-refractivity contribution in [2.75, 3.05) is 13.7 Å². The Morgan fingerprint density at radius 2 is 1.80 bits per heavy atom. The molecular weight excluding hydrogens is 554 g/mol. The number of carbonyl (C=O) groups is 1.